The molecule has 1 amide bonds. The highest BCUT2D eigenvalue weighted by molar-refractivity contribution is 7.80. The van der Waals surface area contributed by atoms with Crippen molar-refractivity contribution in [2.24, 2.45) is 10.4 Å². The van der Waals surface area contributed by atoms with Crippen molar-refractivity contribution in [3.63, 3.8) is 0 Å². The molecule has 1 aromatic carbocycles. The molecule has 0 N–H and O–H groups in total. The molecule has 3 rings (SSSR count). The minimum Gasteiger partial charge on any atom is -0.444 e. The van der Waals surface area contributed by atoms with Crippen LogP contribution in [0.2, 0.25) is 10.0 Å². The number of carbonyl (C=O) groups is 1. The highest BCUT2D eigenvalue weighted by Gasteiger charge is 2.54. The third-order valence-corrected chi connectivity index (χ3v) is 5.06. The van der Waals surface area contributed by atoms with Crippen molar-refractivity contribution < 1.29 is 9.53 Å². The molecule has 0 atom stereocenters. The summed E-state index contributed by atoms with van der Waals surface area (Å²) >= 11 is 17.5. The Morgan fingerprint density at radius 2 is 1.81 bits per heavy atom. The van der Waals surface area contributed by atoms with Crippen molar-refractivity contribution in [3.8, 4) is 0 Å². The number of ether oxygens (including phenoxy) is 1. The van der Waals surface area contributed by atoms with Gasteiger partial charge in [0.15, 0.2) is 0 Å². The zero-order chi connectivity index (χ0) is 19.1. The fourth-order valence-electron chi connectivity index (χ4n) is 3.39. The van der Waals surface area contributed by atoms with E-state index in [0.29, 0.717) is 28.8 Å². The van der Waals surface area contributed by atoms with Gasteiger partial charge in [0.05, 0.1) is 21.4 Å². The van der Waals surface area contributed by atoms with Gasteiger partial charge in [-0.05, 0) is 32.9 Å². The fourth-order valence-corrected chi connectivity index (χ4v) is 4.16. The van der Waals surface area contributed by atoms with Crippen molar-refractivity contribution in [2.75, 3.05) is 31.1 Å². The Labute approximate surface area is 168 Å². The number of carbonyl (C=O) groups excluding carboxylic acids is 1. The molecular formula is C18H21Cl2N3O2S. The van der Waals surface area contributed by atoms with Crippen LogP contribution < -0.4 is 4.90 Å². The van der Waals surface area contributed by atoms with E-state index in [-0.39, 0.29) is 11.5 Å². The van der Waals surface area contributed by atoms with Gasteiger partial charge in [-0.2, -0.15) is 0 Å². The van der Waals surface area contributed by atoms with Crippen LogP contribution in [0, 0.1) is 5.41 Å². The molecule has 8 heteroatoms. The number of thiocarbonyl (C=S) groups is 1. The van der Waals surface area contributed by atoms with Gasteiger partial charge < -0.3 is 14.5 Å². The van der Waals surface area contributed by atoms with E-state index in [0.717, 1.165) is 18.8 Å². The van der Waals surface area contributed by atoms with Crippen molar-refractivity contribution in [3.05, 3.63) is 22.2 Å². The normalized spacial score (nSPS) is 18.7. The molecule has 0 radical (unpaired) electrons. The molecule has 0 aliphatic carbocycles. The van der Waals surface area contributed by atoms with E-state index in [4.69, 9.17) is 40.2 Å². The summed E-state index contributed by atoms with van der Waals surface area (Å²) in [5.74, 6) is 0. The number of anilines is 1. The minimum absolute atomic E-state index is 0.109. The van der Waals surface area contributed by atoms with Gasteiger partial charge in [0.1, 0.15) is 5.60 Å². The van der Waals surface area contributed by atoms with E-state index in [2.05, 4.69) is 9.89 Å². The SMILES string of the molecule is CC(C)(C)OC(=O)N1CC2(C1)CN(c1c(Cl)cc(N=CC=S)cc1Cl)C2. The second-order valence-corrected chi connectivity index (χ2v) is 8.95. The Hall–Kier alpha value is -1.37. The molecule has 1 aromatic rings. The molecule has 26 heavy (non-hydrogen) atoms. The molecule has 0 bridgehead atoms. The summed E-state index contributed by atoms with van der Waals surface area (Å²) < 4.78 is 5.41. The number of amides is 1. The van der Waals surface area contributed by atoms with Crippen LogP contribution >= 0.6 is 35.4 Å². The zero-order valence-corrected chi connectivity index (χ0v) is 17.3. The summed E-state index contributed by atoms with van der Waals surface area (Å²) in [7, 11) is 0. The Balaban J connectivity index is 1.60. The molecule has 1 spiro atoms. The first-order valence-corrected chi connectivity index (χ1v) is 9.55. The maximum atomic E-state index is 12.1. The van der Waals surface area contributed by atoms with Crippen LogP contribution in [0.5, 0.6) is 0 Å². The van der Waals surface area contributed by atoms with Gasteiger partial charge in [0, 0.05) is 43.2 Å². The minimum atomic E-state index is -0.472. The molecule has 5 nitrogen and oxygen atoms in total. The first-order valence-electron chi connectivity index (χ1n) is 8.32. The van der Waals surface area contributed by atoms with E-state index in [1.807, 2.05) is 20.8 Å². The average Bonchev–Trinajstić information content (AvgIpc) is 2.42. The summed E-state index contributed by atoms with van der Waals surface area (Å²) in [6.45, 7) is 8.64. The van der Waals surface area contributed by atoms with Gasteiger partial charge in [0.2, 0.25) is 0 Å². The van der Waals surface area contributed by atoms with Crippen LogP contribution in [-0.4, -0.2) is 54.4 Å². The topological polar surface area (TPSA) is 45.1 Å². The number of rotatable bonds is 3. The third kappa shape index (κ3) is 3.97. The summed E-state index contributed by atoms with van der Waals surface area (Å²) in [4.78, 5) is 20.1. The monoisotopic (exact) mass is 413 g/mol. The Bertz CT molecular complexity index is 739. The highest BCUT2D eigenvalue weighted by Crippen LogP contribution is 2.47. The quantitative estimate of drug-likeness (QED) is 0.529. The van der Waals surface area contributed by atoms with E-state index < -0.39 is 5.60 Å². The standard InChI is InChI=1S/C18H21Cl2N3O2S/c1-17(2,3)25-16(24)23-10-18(11-23)8-22(9-18)15-13(19)6-12(7-14(15)20)21-4-5-26/h4-7H,8-11H2,1-3H3. The van der Waals surface area contributed by atoms with Gasteiger partial charge in [-0.15, -0.1) is 0 Å². The van der Waals surface area contributed by atoms with Crippen molar-refractivity contribution >= 4 is 64.5 Å². The highest BCUT2D eigenvalue weighted by atomic mass is 35.5. The van der Waals surface area contributed by atoms with E-state index >= 15 is 0 Å². The lowest BCUT2D eigenvalue weighted by molar-refractivity contribution is -0.0452. The lowest BCUT2D eigenvalue weighted by atomic mass is 9.73. The number of aliphatic imine (C=N–C) groups is 1. The molecule has 2 fully saturated rings. The Morgan fingerprint density at radius 3 is 2.31 bits per heavy atom. The summed E-state index contributed by atoms with van der Waals surface area (Å²) in [5.41, 5.74) is 1.12. The molecule has 2 aliphatic heterocycles. The number of halogens is 2. The lowest BCUT2D eigenvalue weighted by Crippen LogP contribution is -2.73. The van der Waals surface area contributed by atoms with Crippen molar-refractivity contribution in [1.82, 2.24) is 4.90 Å². The zero-order valence-electron chi connectivity index (χ0n) is 15.0. The fraction of sp³-hybridized carbons (Fsp3) is 0.500. The van der Waals surface area contributed by atoms with Crippen LogP contribution in [0.1, 0.15) is 20.8 Å². The van der Waals surface area contributed by atoms with Crippen molar-refractivity contribution in [1.29, 1.82) is 0 Å². The van der Waals surface area contributed by atoms with Crippen LogP contribution in [-0.2, 0) is 4.74 Å². The molecule has 2 saturated heterocycles. The Morgan fingerprint density at radius 1 is 1.23 bits per heavy atom. The van der Waals surface area contributed by atoms with Gasteiger partial charge in [-0.25, -0.2) is 4.79 Å². The van der Waals surface area contributed by atoms with Gasteiger partial charge in [-0.1, -0.05) is 35.4 Å². The van der Waals surface area contributed by atoms with E-state index in [1.54, 1.807) is 17.0 Å². The third-order valence-electron chi connectivity index (χ3n) is 4.36. The molecule has 0 unspecified atom stereocenters. The number of hydrogen-bond acceptors (Lipinski definition) is 5. The van der Waals surface area contributed by atoms with Crippen LogP contribution in [0.4, 0.5) is 16.2 Å². The van der Waals surface area contributed by atoms with Crippen LogP contribution in [0.3, 0.4) is 0 Å². The number of nitrogens with zero attached hydrogens (tertiary/aromatic N) is 3. The predicted molar refractivity (Wildman–Crippen MR) is 111 cm³/mol. The largest absolute Gasteiger partial charge is 0.444 e. The maximum absolute atomic E-state index is 12.1. The molecule has 140 valence electrons. The first-order chi connectivity index (χ1) is 12.1. The molecule has 2 heterocycles. The van der Waals surface area contributed by atoms with E-state index in [9.17, 15) is 4.79 Å². The summed E-state index contributed by atoms with van der Waals surface area (Å²) in [6.07, 6.45) is 1.27. The molecule has 0 saturated carbocycles. The Kier molecular flexibility index (Phi) is 5.21. The summed E-state index contributed by atoms with van der Waals surface area (Å²) in [5, 5.41) is 2.56. The molecule has 2 aliphatic rings. The van der Waals surface area contributed by atoms with Crippen LogP contribution in [0.15, 0.2) is 17.1 Å². The van der Waals surface area contributed by atoms with Gasteiger partial charge in [-0.3, -0.25) is 4.99 Å². The second-order valence-electron chi connectivity index (χ2n) is 7.86. The average molecular weight is 414 g/mol. The number of hydrogen-bond donors (Lipinski definition) is 0. The number of likely N-dealkylation sites (tertiary alicyclic amines) is 1. The smallest absolute Gasteiger partial charge is 0.410 e. The van der Waals surface area contributed by atoms with Crippen molar-refractivity contribution in [2.45, 2.75) is 26.4 Å². The van der Waals surface area contributed by atoms with Crippen LogP contribution in [0.25, 0.3) is 0 Å². The van der Waals surface area contributed by atoms with Gasteiger partial charge in [0.25, 0.3) is 0 Å². The predicted octanol–water partition coefficient (Wildman–Crippen LogP) is 4.75. The molecular weight excluding hydrogens is 393 g/mol. The first kappa shape index (κ1) is 19.4. The lowest BCUT2D eigenvalue weighted by Gasteiger charge is -2.60. The van der Waals surface area contributed by atoms with E-state index in [1.165, 1.54) is 11.6 Å². The maximum Gasteiger partial charge on any atom is 0.410 e. The molecule has 0 aromatic heterocycles. The second kappa shape index (κ2) is 6.98. The number of benzene rings is 1. The summed E-state index contributed by atoms with van der Waals surface area (Å²) in [6, 6.07) is 3.55. The van der Waals surface area contributed by atoms with Gasteiger partial charge >= 0.3 is 6.09 Å².